The molecule has 0 N–H and O–H groups in total. The van der Waals surface area contributed by atoms with Crippen LogP contribution >= 0.6 is 0 Å². The molecule has 0 radical (unpaired) electrons. The molecule has 22 heavy (non-hydrogen) atoms. The van der Waals surface area contributed by atoms with E-state index in [9.17, 15) is 4.79 Å². The first kappa shape index (κ1) is 14.7. The van der Waals surface area contributed by atoms with Crippen LogP contribution in [-0.2, 0) is 4.79 Å². The van der Waals surface area contributed by atoms with Crippen molar-refractivity contribution in [3.63, 3.8) is 0 Å². The maximum absolute atomic E-state index is 12.6. The van der Waals surface area contributed by atoms with Gasteiger partial charge in [-0.15, -0.1) is 0 Å². The molecule has 0 bridgehead atoms. The molecule has 0 aliphatic heterocycles. The van der Waals surface area contributed by atoms with Crippen molar-refractivity contribution in [1.82, 2.24) is 0 Å². The minimum atomic E-state index is -0.0953. The maximum Gasteiger partial charge on any atom is 0.164 e. The highest BCUT2D eigenvalue weighted by Crippen LogP contribution is 2.64. The van der Waals surface area contributed by atoms with Gasteiger partial charge in [-0.3, -0.25) is 4.79 Å². The highest BCUT2D eigenvalue weighted by atomic mass is 16.1. The van der Waals surface area contributed by atoms with E-state index >= 15 is 0 Å². The molecule has 4 aliphatic rings. The number of ketones is 1. The first-order chi connectivity index (χ1) is 10.4. The lowest BCUT2D eigenvalue weighted by Crippen LogP contribution is -2.50. The number of hydrogen-bond donors (Lipinski definition) is 0. The van der Waals surface area contributed by atoms with Gasteiger partial charge < -0.3 is 0 Å². The Morgan fingerprint density at radius 1 is 1.09 bits per heavy atom. The topological polar surface area (TPSA) is 17.1 Å². The van der Waals surface area contributed by atoms with Gasteiger partial charge in [0.1, 0.15) is 0 Å². The first-order valence-electron chi connectivity index (χ1n) is 9.28. The highest BCUT2D eigenvalue weighted by molar-refractivity contribution is 6.02. The number of allylic oxidation sites excluding steroid dienone is 3. The van der Waals surface area contributed by atoms with Gasteiger partial charge >= 0.3 is 0 Å². The van der Waals surface area contributed by atoms with Crippen LogP contribution in [0.2, 0.25) is 0 Å². The Balaban J connectivity index is 1.71. The van der Waals surface area contributed by atoms with Crippen LogP contribution in [0, 0.1) is 34.5 Å². The molecular formula is C21H30O. The van der Waals surface area contributed by atoms with E-state index in [1.807, 2.05) is 0 Å². The Hall–Kier alpha value is -0.850. The number of fused-ring (bicyclic) bond motifs is 5. The lowest BCUT2D eigenvalue weighted by atomic mass is 9.47. The smallest absolute Gasteiger partial charge is 0.164 e. The van der Waals surface area contributed by atoms with Crippen molar-refractivity contribution in [2.24, 2.45) is 34.5 Å². The molecule has 4 aliphatic carbocycles. The molecule has 4 rings (SSSR count). The third-order valence-corrected chi connectivity index (χ3v) is 8.05. The molecule has 1 nitrogen and oxygen atoms in total. The number of Topliss-reactive ketones (excluding diaryl/α,β-unsaturated/α-hetero) is 1. The fourth-order valence-corrected chi connectivity index (χ4v) is 6.58. The molecule has 0 aromatic heterocycles. The zero-order valence-corrected chi connectivity index (χ0v) is 14.5. The van der Waals surface area contributed by atoms with Crippen molar-refractivity contribution < 1.29 is 4.79 Å². The van der Waals surface area contributed by atoms with Crippen LogP contribution in [0.15, 0.2) is 23.8 Å². The summed E-state index contributed by atoms with van der Waals surface area (Å²) in [6, 6.07) is 0. The second-order valence-corrected chi connectivity index (χ2v) is 9.20. The molecule has 0 aromatic carbocycles. The molecule has 120 valence electrons. The summed E-state index contributed by atoms with van der Waals surface area (Å²) in [6.45, 7) is 11.3. The van der Waals surface area contributed by atoms with Gasteiger partial charge in [-0.05, 0) is 79.6 Å². The van der Waals surface area contributed by atoms with Crippen LogP contribution in [0.5, 0.6) is 0 Å². The van der Waals surface area contributed by atoms with E-state index in [1.165, 1.54) is 32.1 Å². The van der Waals surface area contributed by atoms with Crippen LogP contribution in [0.4, 0.5) is 0 Å². The Kier molecular flexibility index (Phi) is 3.07. The van der Waals surface area contributed by atoms with E-state index in [0.717, 1.165) is 30.3 Å². The van der Waals surface area contributed by atoms with Crippen molar-refractivity contribution >= 4 is 5.78 Å². The van der Waals surface area contributed by atoms with Crippen LogP contribution in [0.25, 0.3) is 0 Å². The standard InChI is InChI=1S/C21H30O/c1-13-7-9-20(3)15(11-13)5-6-16-17(20)8-10-21(4)18(16)12-14(2)19(21)22/h5,13,16-18H,2,6-12H2,1,3-4H3/t13-,16+,17-,18-,20-,21-/m0/s1. The molecule has 0 heterocycles. The number of carbonyl (C=O) groups is 1. The van der Waals surface area contributed by atoms with Crippen molar-refractivity contribution in [3.05, 3.63) is 23.8 Å². The van der Waals surface area contributed by atoms with Crippen LogP contribution in [0.3, 0.4) is 0 Å². The average molecular weight is 298 g/mol. The molecule has 0 amide bonds. The van der Waals surface area contributed by atoms with Gasteiger partial charge in [0.15, 0.2) is 5.78 Å². The summed E-state index contributed by atoms with van der Waals surface area (Å²) in [5.41, 5.74) is 2.98. The lowest BCUT2D eigenvalue weighted by Gasteiger charge is -2.56. The van der Waals surface area contributed by atoms with Crippen molar-refractivity contribution in [2.75, 3.05) is 0 Å². The fraction of sp³-hybridized carbons (Fsp3) is 0.762. The second-order valence-electron chi connectivity index (χ2n) is 9.20. The predicted molar refractivity (Wildman–Crippen MR) is 90.4 cm³/mol. The van der Waals surface area contributed by atoms with Gasteiger partial charge in [-0.25, -0.2) is 0 Å². The summed E-state index contributed by atoms with van der Waals surface area (Å²) >= 11 is 0. The number of carbonyl (C=O) groups excluding carboxylic acids is 1. The predicted octanol–water partition coefficient (Wildman–Crippen LogP) is 5.32. The Morgan fingerprint density at radius 2 is 1.82 bits per heavy atom. The number of hydrogen-bond acceptors (Lipinski definition) is 1. The molecule has 1 heteroatoms. The van der Waals surface area contributed by atoms with E-state index < -0.39 is 0 Å². The molecule has 3 saturated carbocycles. The first-order valence-corrected chi connectivity index (χ1v) is 9.28. The zero-order chi connectivity index (χ0) is 15.7. The summed E-state index contributed by atoms with van der Waals surface area (Å²) in [4.78, 5) is 12.6. The Labute approximate surface area is 135 Å². The molecule has 0 aromatic rings. The van der Waals surface area contributed by atoms with Crippen molar-refractivity contribution in [3.8, 4) is 0 Å². The zero-order valence-electron chi connectivity index (χ0n) is 14.5. The summed E-state index contributed by atoms with van der Waals surface area (Å²) in [6.07, 6.45) is 11.1. The average Bonchev–Trinajstić information content (AvgIpc) is 2.72. The maximum atomic E-state index is 12.6. The fourth-order valence-electron chi connectivity index (χ4n) is 6.58. The molecule has 6 atom stereocenters. The van der Waals surface area contributed by atoms with Gasteiger partial charge in [0.25, 0.3) is 0 Å². The Morgan fingerprint density at radius 3 is 2.59 bits per heavy atom. The van der Waals surface area contributed by atoms with Gasteiger partial charge in [0, 0.05) is 5.41 Å². The normalized spacial score (nSPS) is 51.0. The van der Waals surface area contributed by atoms with E-state index in [2.05, 4.69) is 33.4 Å². The molecule has 0 saturated heterocycles. The third kappa shape index (κ3) is 1.74. The second kappa shape index (κ2) is 4.58. The summed E-state index contributed by atoms with van der Waals surface area (Å²) in [5, 5.41) is 0. The van der Waals surface area contributed by atoms with E-state index in [0.29, 0.717) is 23.0 Å². The molecular weight excluding hydrogens is 268 g/mol. The lowest BCUT2D eigenvalue weighted by molar-refractivity contribution is -0.129. The minimum Gasteiger partial charge on any atom is -0.294 e. The van der Waals surface area contributed by atoms with Crippen LogP contribution in [0.1, 0.15) is 65.7 Å². The van der Waals surface area contributed by atoms with Gasteiger partial charge in [0.05, 0.1) is 0 Å². The summed E-state index contributed by atoms with van der Waals surface area (Å²) in [7, 11) is 0. The largest absolute Gasteiger partial charge is 0.294 e. The van der Waals surface area contributed by atoms with Crippen molar-refractivity contribution in [2.45, 2.75) is 65.7 Å². The summed E-state index contributed by atoms with van der Waals surface area (Å²) in [5.74, 6) is 3.31. The third-order valence-electron chi connectivity index (χ3n) is 8.05. The highest BCUT2D eigenvalue weighted by Gasteiger charge is 2.59. The van der Waals surface area contributed by atoms with E-state index in [4.69, 9.17) is 0 Å². The van der Waals surface area contributed by atoms with Gasteiger partial charge in [-0.1, -0.05) is 39.0 Å². The van der Waals surface area contributed by atoms with E-state index in [-0.39, 0.29) is 5.41 Å². The van der Waals surface area contributed by atoms with Crippen LogP contribution < -0.4 is 0 Å². The van der Waals surface area contributed by atoms with Gasteiger partial charge in [-0.2, -0.15) is 0 Å². The van der Waals surface area contributed by atoms with Crippen LogP contribution in [-0.4, -0.2) is 5.78 Å². The quantitative estimate of drug-likeness (QED) is 0.437. The molecule has 3 fully saturated rings. The molecule has 0 unspecified atom stereocenters. The minimum absolute atomic E-state index is 0.0953. The SMILES string of the molecule is C=C1C[C@H]2[C@@H]3CC=C4C[C@@H](C)CC[C@]4(C)[C@H]3CC[C@]2(C)C1=O. The number of rotatable bonds is 0. The van der Waals surface area contributed by atoms with E-state index in [1.54, 1.807) is 5.57 Å². The Bertz CT molecular complexity index is 570. The monoisotopic (exact) mass is 298 g/mol. The van der Waals surface area contributed by atoms with Crippen molar-refractivity contribution in [1.29, 1.82) is 0 Å². The summed E-state index contributed by atoms with van der Waals surface area (Å²) < 4.78 is 0. The van der Waals surface area contributed by atoms with Gasteiger partial charge in [0.2, 0.25) is 0 Å². The molecule has 0 spiro atoms.